The van der Waals surface area contributed by atoms with Crippen molar-refractivity contribution in [1.82, 2.24) is 0 Å². The lowest BCUT2D eigenvalue weighted by Crippen LogP contribution is -2.31. The summed E-state index contributed by atoms with van der Waals surface area (Å²) in [6.45, 7) is 0. The SMILES string of the molecule is CN(C(=O)Nc1ccccc1)c1ccc(C(=O)O)cc1N. The summed E-state index contributed by atoms with van der Waals surface area (Å²) in [7, 11) is 1.56. The molecule has 2 aromatic carbocycles. The molecule has 0 radical (unpaired) electrons. The minimum atomic E-state index is -1.07. The number of nitrogens with zero attached hydrogens (tertiary/aromatic N) is 1. The smallest absolute Gasteiger partial charge is 0.335 e. The molecule has 0 saturated carbocycles. The normalized spacial score (nSPS) is 9.95. The summed E-state index contributed by atoms with van der Waals surface area (Å²) in [6.07, 6.45) is 0. The Morgan fingerprint density at radius 1 is 1.14 bits per heavy atom. The highest BCUT2D eigenvalue weighted by Gasteiger charge is 2.15. The summed E-state index contributed by atoms with van der Waals surface area (Å²) in [5.41, 5.74) is 7.21. The number of hydrogen-bond acceptors (Lipinski definition) is 3. The van der Waals surface area contributed by atoms with Gasteiger partial charge in [-0.2, -0.15) is 0 Å². The summed E-state index contributed by atoms with van der Waals surface area (Å²) in [4.78, 5) is 24.3. The first-order valence-electron chi connectivity index (χ1n) is 6.21. The van der Waals surface area contributed by atoms with Gasteiger partial charge in [0.2, 0.25) is 0 Å². The van der Waals surface area contributed by atoms with Crippen molar-refractivity contribution >= 4 is 29.1 Å². The monoisotopic (exact) mass is 285 g/mol. The molecule has 0 aliphatic heterocycles. The van der Waals surface area contributed by atoms with E-state index >= 15 is 0 Å². The number of carbonyl (C=O) groups is 2. The van der Waals surface area contributed by atoms with Crippen molar-refractivity contribution in [2.24, 2.45) is 0 Å². The Labute approximate surface area is 121 Å². The second kappa shape index (κ2) is 5.96. The Bertz CT molecular complexity index is 671. The van der Waals surface area contributed by atoms with Crippen LogP contribution >= 0.6 is 0 Å². The zero-order chi connectivity index (χ0) is 15.4. The topological polar surface area (TPSA) is 95.7 Å². The lowest BCUT2D eigenvalue weighted by atomic mass is 10.1. The fourth-order valence-corrected chi connectivity index (χ4v) is 1.83. The van der Waals surface area contributed by atoms with Gasteiger partial charge in [0.05, 0.1) is 16.9 Å². The van der Waals surface area contributed by atoms with E-state index in [0.29, 0.717) is 11.4 Å². The Hall–Kier alpha value is -3.02. The summed E-state index contributed by atoms with van der Waals surface area (Å²) < 4.78 is 0. The van der Waals surface area contributed by atoms with Crippen LogP contribution in [0.15, 0.2) is 48.5 Å². The molecule has 0 aliphatic carbocycles. The van der Waals surface area contributed by atoms with Gasteiger partial charge in [-0.15, -0.1) is 0 Å². The fraction of sp³-hybridized carbons (Fsp3) is 0.0667. The Balaban J connectivity index is 2.18. The molecule has 2 amide bonds. The second-order valence-electron chi connectivity index (χ2n) is 4.43. The third-order valence-electron chi connectivity index (χ3n) is 2.97. The van der Waals surface area contributed by atoms with Crippen LogP contribution in [-0.2, 0) is 0 Å². The van der Waals surface area contributed by atoms with Crippen LogP contribution in [0.3, 0.4) is 0 Å². The first kappa shape index (κ1) is 14.4. The van der Waals surface area contributed by atoms with E-state index < -0.39 is 5.97 Å². The van der Waals surface area contributed by atoms with E-state index in [-0.39, 0.29) is 17.3 Å². The van der Waals surface area contributed by atoms with E-state index in [2.05, 4.69) is 5.32 Å². The Kier molecular flexibility index (Phi) is 4.08. The summed E-state index contributed by atoms with van der Waals surface area (Å²) in [5.74, 6) is -1.07. The molecule has 2 rings (SSSR count). The highest BCUT2D eigenvalue weighted by molar-refractivity contribution is 6.03. The first-order chi connectivity index (χ1) is 9.99. The van der Waals surface area contributed by atoms with E-state index in [1.54, 1.807) is 19.2 Å². The maximum atomic E-state index is 12.1. The number of urea groups is 1. The minimum Gasteiger partial charge on any atom is -0.478 e. The number of nitrogens with two attached hydrogens (primary N) is 1. The fourth-order valence-electron chi connectivity index (χ4n) is 1.83. The van der Waals surface area contributed by atoms with Gasteiger partial charge in [-0.1, -0.05) is 18.2 Å². The number of benzene rings is 2. The van der Waals surface area contributed by atoms with Crippen LogP contribution in [0, 0.1) is 0 Å². The van der Waals surface area contributed by atoms with Crippen LogP contribution in [-0.4, -0.2) is 24.2 Å². The van der Waals surface area contributed by atoms with Gasteiger partial charge in [0.1, 0.15) is 0 Å². The predicted molar refractivity (Wildman–Crippen MR) is 81.7 cm³/mol. The van der Waals surface area contributed by atoms with Crippen LogP contribution in [0.25, 0.3) is 0 Å². The zero-order valence-electron chi connectivity index (χ0n) is 11.4. The van der Waals surface area contributed by atoms with Gasteiger partial charge in [0, 0.05) is 12.7 Å². The molecule has 0 fully saturated rings. The molecule has 0 saturated heterocycles. The minimum absolute atomic E-state index is 0.0770. The highest BCUT2D eigenvalue weighted by atomic mass is 16.4. The lowest BCUT2D eigenvalue weighted by Gasteiger charge is -2.20. The summed E-state index contributed by atoms with van der Waals surface area (Å²) in [6, 6.07) is 12.9. The molecule has 0 heterocycles. The maximum absolute atomic E-state index is 12.1. The molecular formula is C15H15N3O3. The number of anilines is 3. The van der Waals surface area contributed by atoms with Crippen LogP contribution in [0.1, 0.15) is 10.4 Å². The van der Waals surface area contributed by atoms with Crippen molar-refractivity contribution in [2.75, 3.05) is 23.0 Å². The van der Waals surface area contributed by atoms with Gasteiger partial charge >= 0.3 is 12.0 Å². The molecule has 0 spiro atoms. The third-order valence-corrected chi connectivity index (χ3v) is 2.97. The third kappa shape index (κ3) is 3.30. The van der Waals surface area contributed by atoms with E-state index in [4.69, 9.17) is 10.8 Å². The number of carboxylic acid groups (broad SMARTS) is 1. The number of carboxylic acids is 1. The molecular weight excluding hydrogens is 270 g/mol. The van der Waals surface area contributed by atoms with E-state index in [0.717, 1.165) is 0 Å². The van der Waals surface area contributed by atoms with Crippen molar-refractivity contribution in [3.63, 3.8) is 0 Å². The van der Waals surface area contributed by atoms with Crippen molar-refractivity contribution in [3.8, 4) is 0 Å². The largest absolute Gasteiger partial charge is 0.478 e. The molecule has 0 bridgehead atoms. The van der Waals surface area contributed by atoms with Crippen LogP contribution in [0.4, 0.5) is 21.9 Å². The number of nitrogens with one attached hydrogen (secondary N) is 1. The molecule has 21 heavy (non-hydrogen) atoms. The standard InChI is InChI=1S/C15H15N3O3/c1-18(15(21)17-11-5-3-2-4-6-11)13-8-7-10(14(19)20)9-12(13)16/h2-9H,16H2,1H3,(H,17,21)(H,19,20). The van der Waals surface area contributed by atoms with Gasteiger partial charge < -0.3 is 16.2 Å². The van der Waals surface area contributed by atoms with Crippen LogP contribution in [0.5, 0.6) is 0 Å². The van der Waals surface area contributed by atoms with Gasteiger partial charge in [-0.3, -0.25) is 4.90 Å². The van der Waals surface area contributed by atoms with Crippen molar-refractivity contribution < 1.29 is 14.7 Å². The Morgan fingerprint density at radius 3 is 2.38 bits per heavy atom. The number of aromatic carboxylic acids is 1. The van der Waals surface area contributed by atoms with Gasteiger partial charge in [0.15, 0.2) is 0 Å². The first-order valence-corrected chi connectivity index (χ1v) is 6.21. The average molecular weight is 285 g/mol. The van der Waals surface area contributed by atoms with E-state index in [1.807, 2.05) is 18.2 Å². The van der Waals surface area contributed by atoms with Crippen LogP contribution in [0.2, 0.25) is 0 Å². The average Bonchev–Trinajstić information content (AvgIpc) is 2.47. The molecule has 2 aromatic rings. The molecule has 0 atom stereocenters. The van der Waals surface area contributed by atoms with Gasteiger partial charge in [-0.25, -0.2) is 9.59 Å². The van der Waals surface area contributed by atoms with Crippen molar-refractivity contribution in [1.29, 1.82) is 0 Å². The quantitative estimate of drug-likeness (QED) is 0.755. The number of nitrogen functional groups attached to an aromatic ring is 1. The van der Waals surface area contributed by atoms with Gasteiger partial charge in [0.25, 0.3) is 0 Å². The number of amides is 2. The van der Waals surface area contributed by atoms with E-state index in [1.165, 1.54) is 23.1 Å². The zero-order valence-corrected chi connectivity index (χ0v) is 11.4. The van der Waals surface area contributed by atoms with Crippen LogP contribution < -0.4 is 16.0 Å². The number of rotatable bonds is 3. The number of para-hydroxylation sites is 1. The lowest BCUT2D eigenvalue weighted by molar-refractivity contribution is 0.0697. The number of carbonyl (C=O) groups excluding carboxylic acids is 1. The molecule has 6 nitrogen and oxygen atoms in total. The summed E-state index contributed by atoms with van der Waals surface area (Å²) >= 11 is 0. The maximum Gasteiger partial charge on any atom is 0.335 e. The van der Waals surface area contributed by atoms with Crippen molar-refractivity contribution in [3.05, 3.63) is 54.1 Å². The molecule has 6 heteroatoms. The molecule has 4 N–H and O–H groups in total. The molecule has 0 unspecified atom stereocenters. The highest BCUT2D eigenvalue weighted by Crippen LogP contribution is 2.24. The van der Waals surface area contributed by atoms with E-state index in [9.17, 15) is 9.59 Å². The van der Waals surface area contributed by atoms with Crippen molar-refractivity contribution in [2.45, 2.75) is 0 Å². The molecule has 0 aliphatic rings. The number of hydrogen-bond donors (Lipinski definition) is 3. The second-order valence-corrected chi connectivity index (χ2v) is 4.43. The molecule has 0 aromatic heterocycles. The Morgan fingerprint density at radius 2 is 1.81 bits per heavy atom. The molecule has 108 valence electrons. The van der Waals surface area contributed by atoms with Gasteiger partial charge in [-0.05, 0) is 30.3 Å². The summed E-state index contributed by atoms with van der Waals surface area (Å²) in [5, 5.41) is 11.6. The predicted octanol–water partition coefficient (Wildman–Crippen LogP) is 2.64.